The Morgan fingerprint density at radius 2 is 2.12 bits per heavy atom. The molecule has 2 aromatic heterocycles. The minimum absolute atomic E-state index is 0.0176. The molecule has 2 unspecified atom stereocenters. The molecule has 6 nitrogen and oxygen atoms in total. The van der Waals surface area contributed by atoms with E-state index in [4.69, 9.17) is 4.74 Å². The number of nitrogens with one attached hydrogen (secondary N) is 1. The highest BCUT2D eigenvalue weighted by molar-refractivity contribution is 7.20. The van der Waals surface area contributed by atoms with E-state index in [1.54, 1.807) is 0 Å². The Morgan fingerprint density at radius 3 is 2.92 bits per heavy atom. The molecule has 0 radical (unpaired) electrons. The van der Waals surface area contributed by atoms with Gasteiger partial charge in [0.2, 0.25) is 10.1 Å². The van der Waals surface area contributed by atoms with Crippen LogP contribution >= 0.6 is 11.3 Å². The van der Waals surface area contributed by atoms with Gasteiger partial charge in [0.1, 0.15) is 6.10 Å². The van der Waals surface area contributed by atoms with E-state index < -0.39 is 0 Å². The molecule has 7 heteroatoms. The summed E-state index contributed by atoms with van der Waals surface area (Å²) in [4.78, 5) is 16.6. The highest BCUT2D eigenvalue weighted by Gasteiger charge is 2.28. The van der Waals surface area contributed by atoms with E-state index >= 15 is 0 Å². The molecule has 2 atom stereocenters. The number of rotatable bonds is 3. The third-order valence-electron chi connectivity index (χ3n) is 4.21. The van der Waals surface area contributed by atoms with Crippen molar-refractivity contribution in [3.8, 4) is 0 Å². The minimum Gasteiger partial charge on any atom is -0.371 e. The fraction of sp³-hybridized carbons (Fsp3) is 0.353. The first-order valence-corrected chi connectivity index (χ1v) is 8.82. The van der Waals surface area contributed by atoms with Gasteiger partial charge < -0.3 is 10.1 Å². The molecule has 1 saturated heterocycles. The van der Waals surface area contributed by atoms with Gasteiger partial charge in [-0.15, -0.1) is 5.10 Å². The van der Waals surface area contributed by atoms with Gasteiger partial charge in [-0.1, -0.05) is 41.2 Å². The Bertz CT molecular complexity index is 903. The van der Waals surface area contributed by atoms with Crippen LogP contribution in [0, 0.1) is 6.92 Å². The van der Waals surface area contributed by atoms with Crippen molar-refractivity contribution in [2.75, 3.05) is 11.9 Å². The topological polar surface area (TPSA) is 68.5 Å². The zero-order valence-corrected chi connectivity index (χ0v) is 14.1. The lowest BCUT2D eigenvalue weighted by Crippen LogP contribution is -2.33. The molecular weight excluding hydrogens is 324 g/mol. The second-order valence-electron chi connectivity index (χ2n) is 5.98. The van der Waals surface area contributed by atoms with Crippen LogP contribution in [0.1, 0.15) is 30.1 Å². The molecule has 1 aliphatic rings. The molecule has 124 valence electrons. The van der Waals surface area contributed by atoms with Crippen molar-refractivity contribution >= 4 is 21.4 Å². The van der Waals surface area contributed by atoms with E-state index in [0.29, 0.717) is 10.1 Å². The van der Waals surface area contributed by atoms with Crippen LogP contribution in [-0.2, 0) is 4.74 Å². The lowest BCUT2D eigenvalue weighted by molar-refractivity contribution is 0.00562. The third kappa shape index (κ3) is 2.92. The fourth-order valence-corrected chi connectivity index (χ4v) is 3.81. The van der Waals surface area contributed by atoms with Crippen molar-refractivity contribution in [3.05, 3.63) is 58.0 Å². The quantitative estimate of drug-likeness (QED) is 0.793. The van der Waals surface area contributed by atoms with E-state index in [9.17, 15) is 4.79 Å². The van der Waals surface area contributed by atoms with Gasteiger partial charge in [0.25, 0.3) is 5.56 Å². The molecule has 1 aromatic carbocycles. The monoisotopic (exact) mass is 342 g/mol. The summed E-state index contributed by atoms with van der Waals surface area (Å²) in [5.74, 6) is 0. The van der Waals surface area contributed by atoms with Crippen molar-refractivity contribution in [2.24, 2.45) is 0 Å². The van der Waals surface area contributed by atoms with E-state index in [0.717, 1.165) is 25.0 Å². The van der Waals surface area contributed by atoms with E-state index in [2.05, 4.69) is 46.6 Å². The number of hydrogen-bond acceptors (Lipinski definition) is 6. The Kier molecular flexibility index (Phi) is 4.03. The van der Waals surface area contributed by atoms with Crippen LogP contribution in [-0.4, -0.2) is 27.2 Å². The maximum Gasteiger partial charge on any atom is 0.275 e. The minimum atomic E-state index is -0.167. The van der Waals surface area contributed by atoms with Crippen molar-refractivity contribution in [3.63, 3.8) is 0 Å². The smallest absolute Gasteiger partial charge is 0.275 e. The number of nitrogens with zero attached hydrogens (tertiary/aromatic N) is 3. The van der Waals surface area contributed by atoms with Crippen molar-refractivity contribution in [2.45, 2.75) is 31.9 Å². The number of hydrogen-bond donors (Lipinski definition) is 1. The first-order chi connectivity index (χ1) is 11.7. The van der Waals surface area contributed by atoms with Gasteiger partial charge in [-0.3, -0.25) is 4.79 Å². The summed E-state index contributed by atoms with van der Waals surface area (Å²) in [5, 5.41) is 8.48. The van der Waals surface area contributed by atoms with Gasteiger partial charge in [0.05, 0.1) is 6.04 Å². The summed E-state index contributed by atoms with van der Waals surface area (Å²) in [6.07, 6.45) is 3.49. The molecule has 1 aliphatic heterocycles. The first kappa shape index (κ1) is 15.3. The normalized spacial score (nSPS) is 21.0. The Hall–Kier alpha value is -2.25. The van der Waals surface area contributed by atoms with Gasteiger partial charge in [-0.2, -0.15) is 4.52 Å². The first-order valence-electron chi connectivity index (χ1n) is 8.00. The molecule has 4 rings (SSSR count). The molecule has 3 heterocycles. The summed E-state index contributed by atoms with van der Waals surface area (Å²) < 4.78 is 7.35. The molecule has 1 N–H and O–H groups in total. The number of aromatic nitrogens is 3. The van der Waals surface area contributed by atoms with E-state index in [1.165, 1.54) is 33.7 Å². The summed E-state index contributed by atoms with van der Waals surface area (Å²) in [6.45, 7) is 2.84. The summed E-state index contributed by atoms with van der Waals surface area (Å²) in [6, 6.07) is 9.97. The third-order valence-corrected chi connectivity index (χ3v) is 5.06. The molecule has 1 fully saturated rings. The summed E-state index contributed by atoms with van der Waals surface area (Å²) in [7, 11) is 0. The molecule has 0 saturated carbocycles. The van der Waals surface area contributed by atoms with Crippen LogP contribution in [0.4, 0.5) is 5.13 Å². The molecule has 0 amide bonds. The van der Waals surface area contributed by atoms with Crippen molar-refractivity contribution in [1.29, 1.82) is 0 Å². The Labute approximate surface area is 143 Å². The van der Waals surface area contributed by atoms with Crippen LogP contribution in [0.3, 0.4) is 0 Å². The number of ether oxygens (including phenoxy) is 1. The van der Waals surface area contributed by atoms with Crippen molar-refractivity contribution < 1.29 is 4.74 Å². The van der Waals surface area contributed by atoms with Crippen molar-refractivity contribution in [1.82, 2.24) is 14.6 Å². The van der Waals surface area contributed by atoms with Crippen LogP contribution < -0.4 is 10.9 Å². The average molecular weight is 342 g/mol. The molecule has 0 aliphatic carbocycles. The van der Waals surface area contributed by atoms with Gasteiger partial charge >= 0.3 is 0 Å². The van der Waals surface area contributed by atoms with Gasteiger partial charge in [-0.25, -0.2) is 4.98 Å². The maximum atomic E-state index is 11.8. The second kappa shape index (κ2) is 6.33. The summed E-state index contributed by atoms with van der Waals surface area (Å²) >= 11 is 1.38. The summed E-state index contributed by atoms with van der Waals surface area (Å²) in [5.41, 5.74) is 2.23. The largest absolute Gasteiger partial charge is 0.371 e. The highest BCUT2D eigenvalue weighted by Crippen LogP contribution is 2.31. The molecular formula is C17H18N4O2S. The molecule has 24 heavy (non-hydrogen) atoms. The van der Waals surface area contributed by atoms with E-state index in [1.807, 2.05) is 0 Å². The predicted octanol–water partition coefficient (Wildman–Crippen LogP) is 2.79. The number of anilines is 1. The van der Waals surface area contributed by atoms with Crippen LogP contribution in [0.15, 0.2) is 41.3 Å². The Morgan fingerprint density at radius 1 is 1.29 bits per heavy atom. The SMILES string of the molecule is Cc1ccc(C2OCCCC2Nc2nn3c(=O)ccnc3s2)cc1. The lowest BCUT2D eigenvalue weighted by atomic mass is 9.95. The zero-order chi connectivity index (χ0) is 16.5. The van der Waals surface area contributed by atoms with Crippen LogP contribution in [0.5, 0.6) is 0 Å². The van der Waals surface area contributed by atoms with Gasteiger partial charge in [0.15, 0.2) is 0 Å². The lowest BCUT2D eigenvalue weighted by Gasteiger charge is -2.32. The van der Waals surface area contributed by atoms with Crippen LogP contribution in [0.2, 0.25) is 0 Å². The van der Waals surface area contributed by atoms with Crippen LogP contribution in [0.25, 0.3) is 4.96 Å². The number of benzene rings is 1. The fourth-order valence-electron chi connectivity index (χ4n) is 2.97. The predicted molar refractivity (Wildman–Crippen MR) is 93.7 cm³/mol. The molecule has 0 bridgehead atoms. The highest BCUT2D eigenvalue weighted by atomic mass is 32.1. The zero-order valence-electron chi connectivity index (χ0n) is 13.3. The molecule has 0 spiro atoms. The van der Waals surface area contributed by atoms with Gasteiger partial charge in [-0.05, 0) is 25.3 Å². The second-order valence-corrected chi connectivity index (χ2v) is 6.94. The number of aryl methyl sites for hydroxylation is 1. The Balaban J connectivity index is 1.61. The maximum absolute atomic E-state index is 11.8. The average Bonchev–Trinajstić information content (AvgIpc) is 3.00. The number of fused-ring (bicyclic) bond motifs is 1. The van der Waals surface area contributed by atoms with Gasteiger partial charge in [0, 0.05) is 18.9 Å². The molecule has 3 aromatic rings. The van der Waals surface area contributed by atoms with E-state index in [-0.39, 0.29) is 17.7 Å². The standard InChI is InChI=1S/C17H18N4O2S/c1-11-4-6-12(7-5-11)15-13(3-2-10-23-15)19-16-20-21-14(22)8-9-18-17(21)24-16/h4-9,13,15H,2-3,10H2,1H3,(H,19,20).